The number of amides is 3. The predicted molar refractivity (Wildman–Crippen MR) is 202 cm³/mol. The van der Waals surface area contributed by atoms with E-state index in [2.05, 4.69) is 5.32 Å². The molecule has 2 aliphatic rings. The minimum atomic E-state index is -3.54. The number of carbonyl (C=O) groups excluding carboxylic acids is 3. The number of rotatable bonds is 12. The van der Waals surface area contributed by atoms with Crippen molar-refractivity contribution in [3.05, 3.63) is 124 Å². The zero-order chi connectivity index (χ0) is 37.2. The van der Waals surface area contributed by atoms with Gasteiger partial charge in [-0.25, -0.2) is 0 Å². The molecule has 2 heterocycles. The Labute approximate surface area is 309 Å². The van der Waals surface area contributed by atoms with Crippen LogP contribution in [0, 0.1) is 5.92 Å². The van der Waals surface area contributed by atoms with Crippen LogP contribution in [0.3, 0.4) is 0 Å². The highest BCUT2D eigenvalue weighted by Gasteiger charge is 2.67. The molecule has 6 rings (SSSR count). The van der Waals surface area contributed by atoms with Crippen molar-refractivity contribution < 1.29 is 33.1 Å². The van der Waals surface area contributed by atoms with Gasteiger partial charge in [-0.15, -0.1) is 0 Å². The van der Waals surface area contributed by atoms with Crippen LogP contribution in [0.5, 0.6) is 5.75 Å². The van der Waals surface area contributed by atoms with Gasteiger partial charge in [-0.05, 0) is 78.8 Å². The van der Waals surface area contributed by atoms with E-state index in [0.717, 1.165) is 11.1 Å². The SMILES string of the molecule is COc1ccc(C(=O)Nc2ccc(CN3C(=O)[C@@]4(O[C@@H](CC(=O)N(CCO)Cc5ccccc5)[C@H]([Si](C)(C)F)[C@H]4C)c4cc(Cl)ccc43)cc2)cc1. The minimum absolute atomic E-state index is 0.108. The lowest BCUT2D eigenvalue weighted by Crippen LogP contribution is -2.45. The molecule has 0 aliphatic carbocycles. The number of anilines is 2. The first kappa shape index (κ1) is 37.2. The minimum Gasteiger partial charge on any atom is -0.497 e. The van der Waals surface area contributed by atoms with E-state index in [1.807, 2.05) is 49.4 Å². The average molecular weight is 744 g/mol. The van der Waals surface area contributed by atoms with Crippen molar-refractivity contribution in [2.45, 2.75) is 56.8 Å². The fraction of sp³-hybridized carbons (Fsp3) is 0.325. The first-order chi connectivity index (χ1) is 24.8. The number of ether oxygens (including phenoxy) is 2. The standard InChI is InChI=1S/C40H43ClFN3O6Si/c1-26-37(52(3,4)42)35(23-36(47)44(20-21-46)24-27-8-6-5-7-9-27)51-40(26)33-22-30(41)14-19-34(33)45(39(40)49)25-28-10-15-31(16-11-28)43-38(48)29-12-17-32(50-2)18-13-29/h5-19,22,26,35,37,46H,20-21,23-25H2,1-4H3,(H,43,48)/t26-,35+,37-,40+/m1/s1. The van der Waals surface area contributed by atoms with Crippen LogP contribution in [-0.4, -0.2) is 62.5 Å². The van der Waals surface area contributed by atoms with Crippen molar-refractivity contribution in [2.24, 2.45) is 5.92 Å². The lowest BCUT2D eigenvalue weighted by atomic mass is 9.82. The number of benzene rings is 4. The number of carbonyl (C=O) groups is 3. The summed E-state index contributed by atoms with van der Waals surface area (Å²) >= 11 is 6.53. The maximum atomic E-state index is 16.4. The average Bonchev–Trinajstić information content (AvgIpc) is 3.54. The molecule has 4 atom stereocenters. The van der Waals surface area contributed by atoms with E-state index in [9.17, 15) is 19.5 Å². The second kappa shape index (κ2) is 15.2. The molecule has 52 heavy (non-hydrogen) atoms. The number of hydrogen-bond donors (Lipinski definition) is 2. The van der Waals surface area contributed by atoms with Crippen molar-refractivity contribution in [2.75, 3.05) is 30.5 Å². The summed E-state index contributed by atoms with van der Waals surface area (Å²) in [5.41, 5.74) is 1.67. The van der Waals surface area contributed by atoms with Crippen LogP contribution in [0.4, 0.5) is 15.5 Å². The van der Waals surface area contributed by atoms with Crippen LogP contribution in [0.2, 0.25) is 23.7 Å². The first-order valence-corrected chi connectivity index (χ1v) is 20.6. The lowest BCUT2D eigenvalue weighted by Gasteiger charge is -2.31. The van der Waals surface area contributed by atoms with Crippen LogP contribution >= 0.6 is 11.6 Å². The summed E-state index contributed by atoms with van der Waals surface area (Å²) in [5, 5.41) is 13.1. The van der Waals surface area contributed by atoms with Crippen LogP contribution in [0.25, 0.3) is 0 Å². The Hall–Kier alpha value is -4.55. The number of hydrogen-bond acceptors (Lipinski definition) is 6. The van der Waals surface area contributed by atoms with Crippen molar-refractivity contribution in [1.29, 1.82) is 0 Å². The highest BCUT2D eigenvalue weighted by Crippen LogP contribution is 2.60. The Bertz CT molecular complexity index is 1920. The highest BCUT2D eigenvalue weighted by molar-refractivity contribution is 6.72. The van der Waals surface area contributed by atoms with Gasteiger partial charge >= 0.3 is 0 Å². The molecule has 0 bridgehead atoms. The molecule has 0 aromatic heterocycles. The summed E-state index contributed by atoms with van der Waals surface area (Å²) in [6, 6.07) is 28.7. The molecule has 1 fully saturated rings. The van der Waals surface area contributed by atoms with Crippen LogP contribution in [-0.2, 0) is 33.0 Å². The first-order valence-electron chi connectivity index (χ1n) is 17.3. The fourth-order valence-corrected chi connectivity index (χ4v) is 10.4. The smallest absolute Gasteiger partial charge is 0.264 e. The summed E-state index contributed by atoms with van der Waals surface area (Å²) in [6.07, 6.45) is -1.02. The topological polar surface area (TPSA) is 108 Å². The van der Waals surface area contributed by atoms with E-state index in [0.29, 0.717) is 33.3 Å². The third kappa shape index (κ3) is 7.36. The molecular weight excluding hydrogens is 701 g/mol. The van der Waals surface area contributed by atoms with Crippen molar-refractivity contribution in [1.82, 2.24) is 4.90 Å². The molecule has 3 amide bonds. The maximum Gasteiger partial charge on any atom is 0.264 e. The molecular formula is C40H43ClFN3O6Si. The fourth-order valence-electron chi connectivity index (χ4n) is 7.72. The van der Waals surface area contributed by atoms with E-state index in [4.69, 9.17) is 21.1 Å². The third-order valence-electron chi connectivity index (χ3n) is 10.1. The molecule has 12 heteroatoms. The quantitative estimate of drug-likeness (QED) is 0.116. The number of nitrogens with zero attached hydrogens (tertiary/aromatic N) is 2. The molecule has 0 saturated carbocycles. The van der Waals surface area contributed by atoms with Gasteiger partial charge < -0.3 is 33.8 Å². The molecule has 1 spiro atoms. The largest absolute Gasteiger partial charge is 0.497 e. The molecule has 0 unspecified atom stereocenters. The van der Waals surface area contributed by atoms with Gasteiger partial charge in [0.15, 0.2) is 5.60 Å². The van der Waals surface area contributed by atoms with Crippen molar-refractivity contribution >= 4 is 49.1 Å². The van der Waals surface area contributed by atoms with Crippen molar-refractivity contribution in [3.63, 3.8) is 0 Å². The summed E-state index contributed by atoms with van der Waals surface area (Å²) in [4.78, 5) is 44.6. The van der Waals surface area contributed by atoms with Crippen LogP contribution < -0.4 is 15.0 Å². The maximum absolute atomic E-state index is 16.4. The second-order valence-corrected chi connectivity index (χ2v) is 18.2. The number of nitrogens with one attached hydrogen (secondary N) is 1. The molecule has 2 aliphatic heterocycles. The summed E-state index contributed by atoms with van der Waals surface area (Å²) < 4.78 is 28.3. The van der Waals surface area contributed by atoms with Gasteiger partial charge in [-0.2, -0.15) is 0 Å². The molecule has 9 nitrogen and oxygen atoms in total. The Morgan fingerprint density at radius 1 is 1.02 bits per heavy atom. The Morgan fingerprint density at radius 3 is 2.35 bits per heavy atom. The number of aliphatic hydroxyl groups excluding tert-OH is 1. The summed E-state index contributed by atoms with van der Waals surface area (Å²) in [7, 11) is -1.98. The van der Waals surface area contributed by atoms with Gasteiger partial charge in [-0.3, -0.25) is 14.4 Å². The zero-order valence-electron chi connectivity index (χ0n) is 29.6. The van der Waals surface area contributed by atoms with E-state index in [1.165, 1.54) is 0 Å². The van der Waals surface area contributed by atoms with Crippen LogP contribution in [0.1, 0.15) is 40.4 Å². The number of methoxy groups -OCH3 is 1. The van der Waals surface area contributed by atoms with Gasteiger partial charge in [0.2, 0.25) is 14.3 Å². The Balaban J connectivity index is 1.25. The summed E-state index contributed by atoms with van der Waals surface area (Å²) in [5.74, 6) is -0.861. The van der Waals surface area contributed by atoms with Gasteiger partial charge in [-0.1, -0.05) is 61.0 Å². The monoisotopic (exact) mass is 743 g/mol. The Kier molecular flexibility index (Phi) is 10.9. The van der Waals surface area contributed by atoms with Gasteiger partial charge in [0.25, 0.3) is 11.8 Å². The zero-order valence-corrected chi connectivity index (χ0v) is 31.4. The molecule has 4 aromatic carbocycles. The van der Waals surface area contributed by atoms with E-state index in [-0.39, 0.29) is 50.4 Å². The van der Waals surface area contributed by atoms with Gasteiger partial charge in [0, 0.05) is 46.4 Å². The number of fused-ring (bicyclic) bond motifs is 2. The number of aliphatic hydroxyl groups is 1. The van der Waals surface area contributed by atoms with E-state index >= 15 is 4.11 Å². The second-order valence-electron chi connectivity index (χ2n) is 13.9. The van der Waals surface area contributed by atoms with Gasteiger partial charge in [0.05, 0.1) is 38.5 Å². The number of halogens is 2. The van der Waals surface area contributed by atoms with Crippen molar-refractivity contribution in [3.8, 4) is 5.75 Å². The Morgan fingerprint density at radius 2 is 1.71 bits per heavy atom. The highest BCUT2D eigenvalue weighted by atomic mass is 35.5. The third-order valence-corrected chi connectivity index (χ3v) is 12.8. The van der Waals surface area contributed by atoms with E-state index < -0.39 is 31.6 Å². The molecule has 4 aromatic rings. The normalized spacial score (nSPS) is 20.9. The molecule has 1 saturated heterocycles. The van der Waals surface area contributed by atoms with Crippen LogP contribution in [0.15, 0.2) is 97.1 Å². The summed E-state index contributed by atoms with van der Waals surface area (Å²) in [6.45, 7) is 5.37. The molecule has 0 radical (unpaired) electrons. The van der Waals surface area contributed by atoms with E-state index in [1.54, 1.807) is 84.6 Å². The van der Waals surface area contributed by atoms with Gasteiger partial charge in [0.1, 0.15) is 5.75 Å². The lowest BCUT2D eigenvalue weighted by molar-refractivity contribution is -0.150. The molecule has 272 valence electrons. The predicted octanol–water partition coefficient (Wildman–Crippen LogP) is 7.33. The molecule has 2 N–H and O–H groups in total.